The Labute approximate surface area is 115 Å². The van der Waals surface area contributed by atoms with Gasteiger partial charge in [0.15, 0.2) is 0 Å². The molecule has 0 atom stereocenters. The van der Waals surface area contributed by atoms with Gasteiger partial charge in [0.2, 0.25) is 0 Å². The third-order valence-electron chi connectivity index (χ3n) is 3.79. The van der Waals surface area contributed by atoms with Crippen LogP contribution in [0.15, 0.2) is 29.3 Å². The second-order valence-corrected chi connectivity index (χ2v) is 5.71. The maximum atomic E-state index is 12.3. The number of rotatable bonds is 2. The van der Waals surface area contributed by atoms with E-state index in [1.807, 2.05) is 0 Å². The molecule has 0 aliphatic heterocycles. The molecule has 1 fully saturated rings. The molecule has 1 aliphatic rings. The largest absolute Gasteiger partial charge is 0.388 e. The quantitative estimate of drug-likeness (QED) is 0.917. The second kappa shape index (κ2) is 4.62. The van der Waals surface area contributed by atoms with E-state index in [1.54, 1.807) is 18.2 Å². The van der Waals surface area contributed by atoms with E-state index < -0.39 is 5.60 Å². The van der Waals surface area contributed by atoms with E-state index in [-0.39, 0.29) is 5.56 Å². The van der Waals surface area contributed by atoms with Crippen molar-refractivity contribution in [3.05, 3.63) is 39.9 Å². The summed E-state index contributed by atoms with van der Waals surface area (Å²) in [5.74, 6) is 0. The van der Waals surface area contributed by atoms with Gasteiger partial charge in [-0.2, -0.15) is 0 Å². The number of fused-ring (bicyclic) bond motifs is 1. The van der Waals surface area contributed by atoms with Crippen LogP contribution in [0.4, 0.5) is 0 Å². The van der Waals surface area contributed by atoms with Crippen molar-refractivity contribution in [3.8, 4) is 0 Å². The number of benzene rings is 1. The Balaban J connectivity index is 2.03. The molecule has 0 amide bonds. The van der Waals surface area contributed by atoms with Gasteiger partial charge in [-0.3, -0.25) is 9.36 Å². The van der Waals surface area contributed by atoms with E-state index in [1.165, 1.54) is 10.9 Å². The molecule has 0 saturated heterocycles. The minimum atomic E-state index is -0.758. The van der Waals surface area contributed by atoms with E-state index in [4.69, 9.17) is 11.6 Å². The molecule has 3 rings (SSSR count). The van der Waals surface area contributed by atoms with Crippen molar-refractivity contribution in [2.45, 2.75) is 37.8 Å². The van der Waals surface area contributed by atoms with Crippen LogP contribution < -0.4 is 5.56 Å². The molecule has 1 N–H and O–H groups in total. The predicted molar refractivity (Wildman–Crippen MR) is 74.4 cm³/mol. The van der Waals surface area contributed by atoms with E-state index in [0.29, 0.717) is 22.5 Å². The van der Waals surface area contributed by atoms with Crippen LogP contribution in [0, 0.1) is 0 Å². The van der Waals surface area contributed by atoms with Gasteiger partial charge < -0.3 is 5.11 Å². The summed E-state index contributed by atoms with van der Waals surface area (Å²) >= 11 is 5.88. The molecule has 1 saturated carbocycles. The Kier molecular flexibility index (Phi) is 3.07. The highest BCUT2D eigenvalue weighted by molar-refractivity contribution is 6.31. The van der Waals surface area contributed by atoms with Gasteiger partial charge in [0.05, 0.1) is 29.4 Å². The summed E-state index contributed by atoms with van der Waals surface area (Å²) < 4.78 is 1.50. The Hall–Kier alpha value is -1.39. The van der Waals surface area contributed by atoms with Crippen LogP contribution in [0.2, 0.25) is 5.02 Å². The molecule has 2 aromatic rings. The molecule has 5 heteroatoms. The molecular formula is C14H15ClN2O2. The lowest BCUT2D eigenvalue weighted by atomic mass is 10.0. The SMILES string of the molecule is O=c1c2ccc(Cl)cc2ncn1CC1(O)CCCC1. The average molecular weight is 279 g/mol. The first-order chi connectivity index (χ1) is 9.07. The number of aromatic nitrogens is 2. The van der Waals surface area contributed by atoms with Crippen LogP contribution in [0.25, 0.3) is 10.9 Å². The third-order valence-corrected chi connectivity index (χ3v) is 4.02. The van der Waals surface area contributed by atoms with Crippen molar-refractivity contribution in [1.82, 2.24) is 9.55 Å². The Morgan fingerprint density at radius 1 is 1.37 bits per heavy atom. The Morgan fingerprint density at radius 2 is 2.11 bits per heavy atom. The minimum absolute atomic E-state index is 0.123. The molecule has 0 spiro atoms. The normalized spacial score (nSPS) is 18.0. The van der Waals surface area contributed by atoms with Gasteiger partial charge in [-0.15, -0.1) is 0 Å². The molecule has 1 aromatic carbocycles. The van der Waals surface area contributed by atoms with Crippen LogP contribution in [0.3, 0.4) is 0 Å². The number of nitrogens with zero attached hydrogens (tertiary/aromatic N) is 2. The van der Waals surface area contributed by atoms with Crippen molar-refractivity contribution in [3.63, 3.8) is 0 Å². The third kappa shape index (κ3) is 2.38. The fourth-order valence-electron chi connectivity index (χ4n) is 2.75. The van der Waals surface area contributed by atoms with E-state index in [0.717, 1.165) is 25.7 Å². The molecule has 1 heterocycles. The van der Waals surface area contributed by atoms with Crippen LogP contribution in [-0.4, -0.2) is 20.3 Å². The highest BCUT2D eigenvalue weighted by Crippen LogP contribution is 2.30. The lowest BCUT2D eigenvalue weighted by Crippen LogP contribution is -2.35. The van der Waals surface area contributed by atoms with Crippen LogP contribution in [-0.2, 0) is 6.54 Å². The van der Waals surface area contributed by atoms with Gasteiger partial charge >= 0.3 is 0 Å². The van der Waals surface area contributed by atoms with Crippen molar-refractivity contribution >= 4 is 22.5 Å². The van der Waals surface area contributed by atoms with E-state index in [9.17, 15) is 9.90 Å². The zero-order chi connectivity index (χ0) is 13.5. The Bertz CT molecular complexity index is 675. The van der Waals surface area contributed by atoms with Gasteiger partial charge in [-0.1, -0.05) is 24.4 Å². The summed E-state index contributed by atoms with van der Waals surface area (Å²) in [6.45, 7) is 0.317. The molecule has 100 valence electrons. The first-order valence-electron chi connectivity index (χ1n) is 6.45. The molecule has 1 aromatic heterocycles. The highest BCUT2D eigenvalue weighted by atomic mass is 35.5. The Morgan fingerprint density at radius 3 is 2.84 bits per heavy atom. The number of aliphatic hydroxyl groups is 1. The molecular weight excluding hydrogens is 264 g/mol. The minimum Gasteiger partial charge on any atom is -0.388 e. The second-order valence-electron chi connectivity index (χ2n) is 5.27. The van der Waals surface area contributed by atoms with Gasteiger partial charge in [0.25, 0.3) is 5.56 Å². The molecule has 4 nitrogen and oxygen atoms in total. The van der Waals surface area contributed by atoms with Gasteiger partial charge in [-0.25, -0.2) is 4.98 Å². The predicted octanol–water partition coefficient (Wildman–Crippen LogP) is 2.36. The van der Waals surface area contributed by atoms with Crippen LogP contribution in [0.5, 0.6) is 0 Å². The summed E-state index contributed by atoms with van der Waals surface area (Å²) in [5.41, 5.74) is -0.292. The number of hydrogen-bond acceptors (Lipinski definition) is 3. The lowest BCUT2D eigenvalue weighted by Gasteiger charge is -2.22. The highest BCUT2D eigenvalue weighted by Gasteiger charge is 2.31. The zero-order valence-corrected chi connectivity index (χ0v) is 11.2. The summed E-state index contributed by atoms with van der Waals surface area (Å²) in [4.78, 5) is 16.6. The summed E-state index contributed by atoms with van der Waals surface area (Å²) in [6.07, 6.45) is 5.03. The lowest BCUT2D eigenvalue weighted by molar-refractivity contribution is 0.0288. The smallest absolute Gasteiger partial charge is 0.261 e. The van der Waals surface area contributed by atoms with Crippen molar-refractivity contribution < 1.29 is 5.11 Å². The van der Waals surface area contributed by atoms with Crippen molar-refractivity contribution in [2.75, 3.05) is 0 Å². The standard InChI is InChI=1S/C14H15ClN2O2/c15-10-3-4-11-12(7-10)16-9-17(13(11)18)8-14(19)5-1-2-6-14/h3-4,7,9,19H,1-2,5-6,8H2. The van der Waals surface area contributed by atoms with E-state index in [2.05, 4.69) is 4.98 Å². The fourth-order valence-corrected chi connectivity index (χ4v) is 2.92. The van der Waals surface area contributed by atoms with Gasteiger partial charge in [0.1, 0.15) is 0 Å². The van der Waals surface area contributed by atoms with Crippen LogP contribution >= 0.6 is 11.6 Å². The fraction of sp³-hybridized carbons (Fsp3) is 0.429. The molecule has 0 bridgehead atoms. The maximum absolute atomic E-state index is 12.3. The first kappa shape index (κ1) is 12.6. The molecule has 19 heavy (non-hydrogen) atoms. The number of hydrogen-bond donors (Lipinski definition) is 1. The van der Waals surface area contributed by atoms with E-state index >= 15 is 0 Å². The van der Waals surface area contributed by atoms with Gasteiger partial charge in [0, 0.05) is 5.02 Å². The first-order valence-corrected chi connectivity index (χ1v) is 6.82. The summed E-state index contributed by atoms with van der Waals surface area (Å²) in [7, 11) is 0. The monoisotopic (exact) mass is 278 g/mol. The maximum Gasteiger partial charge on any atom is 0.261 e. The topological polar surface area (TPSA) is 55.1 Å². The van der Waals surface area contributed by atoms with Crippen molar-refractivity contribution in [1.29, 1.82) is 0 Å². The molecule has 0 unspecified atom stereocenters. The van der Waals surface area contributed by atoms with Crippen LogP contribution in [0.1, 0.15) is 25.7 Å². The molecule has 1 aliphatic carbocycles. The average Bonchev–Trinajstić information content (AvgIpc) is 2.80. The summed E-state index contributed by atoms with van der Waals surface area (Å²) in [5, 5.41) is 11.5. The van der Waals surface area contributed by atoms with Crippen molar-refractivity contribution in [2.24, 2.45) is 0 Å². The summed E-state index contributed by atoms with van der Waals surface area (Å²) in [6, 6.07) is 5.04. The molecule has 0 radical (unpaired) electrons. The zero-order valence-electron chi connectivity index (χ0n) is 10.5. The van der Waals surface area contributed by atoms with Gasteiger partial charge in [-0.05, 0) is 31.0 Å². The number of halogens is 1.